The van der Waals surface area contributed by atoms with Crippen molar-refractivity contribution in [3.8, 4) is 5.75 Å². The number of carboxylic acids is 1. The van der Waals surface area contributed by atoms with Gasteiger partial charge in [-0.05, 0) is 24.6 Å². The van der Waals surface area contributed by atoms with Crippen molar-refractivity contribution in [2.45, 2.75) is 19.4 Å². The molecular weight excluding hydrogens is 282 g/mol. The molecule has 112 valence electrons. The van der Waals surface area contributed by atoms with Crippen LogP contribution in [0.1, 0.15) is 18.4 Å². The minimum atomic E-state index is -1.01. The van der Waals surface area contributed by atoms with Crippen molar-refractivity contribution < 1.29 is 19.1 Å². The van der Waals surface area contributed by atoms with Gasteiger partial charge in [0.05, 0.1) is 0 Å². The van der Waals surface area contributed by atoms with E-state index in [1.54, 1.807) is 18.2 Å². The highest BCUT2D eigenvalue weighted by Gasteiger charge is 2.14. The molecule has 1 aromatic heterocycles. The van der Waals surface area contributed by atoms with E-state index >= 15 is 0 Å². The predicted molar refractivity (Wildman–Crippen MR) is 81.0 cm³/mol. The van der Waals surface area contributed by atoms with Crippen LogP contribution in [0.25, 0.3) is 11.1 Å². The molecule has 5 nitrogen and oxygen atoms in total. The second-order valence-electron chi connectivity index (χ2n) is 5.00. The number of nitrogens with zero attached hydrogens (tertiary/aromatic N) is 1. The Morgan fingerprint density at radius 2 is 2.05 bits per heavy atom. The molecule has 1 N–H and O–H groups in total. The Labute approximate surface area is 127 Å². The maximum Gasteiger partial charge on any atom is 0.344 e. The van der Waals surface area contributed by atoms with E-state index in [1.807, 2.05) is 30.3 Å². The van der Waals surface area contributed by atoms with Crippen LogP contribution in [0.4, 0.5) is 0 Å². The number of aromatic nitrogens is 1. The molecule has 0 aliphatic carbocycles. The largest absolute Gasteiger partial charge is 0.479 e. The number of aliphatic carboxylic acids is 1. The first kappa shape index (κ1) is 14.1. The van der Waals surface area contributed by atoms with Gasteiger partial charge in [0, 0.05) is 12.5 Å². The van der Waals surface area contributed by atoms with Gasteiger partial charge in [-0.15, -0.1) is 0 Å². The Kier molecular flexibility index (Phi) is 3.78. The van der Waals surface area contributed by atoms with Gasteiger partial charge < -0.3 is 14.3 Å². The van der Waals surface area contributed by atoms with Crippen LogP contribution >= 0.6 is 0 Å². The lowest BCUT2D eigenvalue weighted by Crippen LogP contribution is -2.22. The van der Waals surface area contributed by atoms with Crippen molar-refractivity contribution in [2.75, 3.05) is 0 Å². The summed E-state index contributed by atoms with van der Waals surface area (Å²) in [4.78, 5) is 15.2. The molecule has 0 amide bonds. The molecule has 0 fully saturated rings. The third-order valence-corrected chi connectivity index (χ3v) is 3.26. The third kappa shape index (κ3) is 3.09. The van der Waals surface area contributed by atoms with Crippen LogP contribution < -0.4 is 4.74 Å². The van der Waals surface area contributed by atoms with Crippen LogP contribution in [0, 0.1) is 0 Å². The van der Waals surface area contributed by atoms with Gasteiger partial charge in [-0.2, -0.15) is 0 Å². The van der Waals surface area contributed by atoms with Gasteiger partial charge in [-0.25, -0.2) is 9.78 Å². The molecule has 5 heteroatoms. The van der Waals surface area contributed by atoms with E-state index in [4.69, 9.17) is 14.3 Å². The number of fused-ring (bicyclic) bond motifs is 1. The zero-order chi connectivity index (χ0) is 15.5. The Morgan fingerprint density at radius 1 is 1.27 bits per heavy atom. The average Bonchev–Trinajstić information content (AvgIpc) is 2.89. The lowest BCUT2D eigenvalue weighted by molar-refractivity contribution is -0.144. The minimum absolute atomic E-state index is 0.449. The van der Waals surface area contributed by atoms with E-state index < -0.39 is 12.1 Å². The van der Waals surface area contributed by atoms with Gasteiger partial charge in [-0.1, -0.05) is 30.3 Å². The lowest BCUT2D eigenvalue weighted by atomic mass is 10.1. The molecular formula is C17H15NO4. The van der Waals surface area contributed by atoms with Gasteiger partial charge in [0.1, 0.15) is 11.3 Å². The monoisotopic (exact) mass is 297 g/mol. The summed E-state index contributed by atoms with van der Waals surface area (Å²) in [5, 5.41) is 8.86. The number of carboxylic acid groups (broad SMARTS) is 1. The van der Waals surface area contributed by atoms with Gasteiger partial charge in [0.15, 0.2) is 17.6 Å². The number of oxazole rings is 1. The molecule has 0 saturated heterocycles. The molecule has 1 heterocycles. The van der Waals surface area contributed by atoms with Crippen molar-refractivity contribution in [1.29, 1.82) is 0 Å². The highest BCUT2D eigenvalue weighted by atomic mass is 16.5. The number of carbonyl (C=O) groups is 1. The van der Waals surface area contributed by atoms with E-state index in [0.29, 0.717) is 23.6 Å². The molecule has 0 bridgehead atoms. The smallest absolute Gasteiger partial charge is 0.344 e. The number of hydrogen-bond acceptors (Lipinski definition) is 4. The van der Waals surface area contributed by atoms with Gasteiger partial charge in [0.25, 0.3) is 0 Å². The van der Waals surface area contributed by atoms with Crippen molar-refractivity contribution >= 4 is 17.1 Å². The summed E-state index contributed by atoms with van der Waals surface area (Å²) in [6, 6.07) is 15.0. The number of rotatable bonds is 5. The highest BCUT2D eigenvalue weighted by Crippen LogP contribution is 2.23. The molecule has 0 aliphatic rings. The minimum Gasteiger partial charge on any atom is -0.479 e. The third-order valence-electron chi connectivity index (χ3n) is 3.26. The van der Waals surface area contributed by atoms with Gasteiger partial charge in [0.2, 0.25) is 0 Å². The topological polar surface area (TPSA) is 72.6 Å². The second kappa shape index (κ2) is 5.89. The number of benzene rings is 2. The van der Waals surface area contributed by atoms with E-state index in [9.17, 15) is 4.79 Å². The van der Waals surface area contributed by atoms with Crippen molar-refractivity contribution in [3.05, 3.63) is 60.0 Å². The molecule has 1 unspecified atom stereocenters. The van der Waals surface area contributed by atoms with Gasteiger partial charge >= 0.3 is 5.97 Å². The molecule has 0 aliphatic heterocycles. The fourth-order valence-electron chi connectivity index (χ4n) is 2.13. The van der Waals surface area contributed by atoms with Crippen LogP contribution in [-0.4, -0.2) is 22.2 Å². The fourth-order valence-corrected chi connectivity index (χ4v) is 2.13. The summed E-state index contributed by atoms with van der Waals surface area (Å²) < 4.78 is 11.0. The van der Waals surface area contributed by atoms with E-state index in [1.165, 1.54) is 6.92 Å². The Balaban J connectivity index is 1.82. The van der Waals surface area contributed by atoms with E-state index in [-0.39, 0.29) is 0 Å². The summed E-state index contributed by atoms with van der Waals surface area (Å²) in [6.07, 6.45) is -0.304. The standard InChI is InChI=1S/C17H15NO4/c1-11(17(19)20)21-13-7-8-14-15(10-13)22-16(18-14)9-12-5-3-2-4-6-12/h2-8,10-11H,9H2,1H3,(H,19,20). The summed E-state index contributed by atoms with van der Waals surface area (Å²) in [6.45, 7) is 1.48. The fraction of sp³-hybridized carbons (Fsp3) is 0.176. The average molecular weight is 297 g/mol. The summed E-state index contributed by atoms with van der Waals surface area (Å²) in [5.74, 6) is 0.0527. The first-order valence-corrected chi connectivity index (χ1v) is 6.94. The number of hydrogen-bond donors (Lipinski definition) is 1. The first-order chi connectivity index (χ1) is 10.6. The van der Waals surface area contributed by atoms with E-state index in [2.05, 4.69) is 4.98 Å². The summed E-state index contributed by atoms with van der Waals surface area (Å²) in [7, 11) is 0. The quantitative estimate of drug-likeness (QED) is 0.782. The first-order valence-electron chi connectivity index (χ1n) is 6.94. The Morgan fingerprint density at radius 3 is 2.77 bits per heavy atom. The van der Waals surface area contributed by atoms with Crippen LogP contribution in [-0.2, 0) is 11.2 Å². The molecule has 0 saturated carbocycles. The van der Waals surface area contributed by atoms with Gasteiger partial charge in [-0.3, -0.25) is 0 Å². The van der Waals surface area contributed by atoms with Crippen molar-refractivity contribution in [3.63, 3.8) is 0 Å². The maximum absolute atomic E-state index is 10.8. The second-order valence-corrected chi connectivity index (χ2v) is 5.00. The zero-order valence-corrected chi connectivity index (χ0v) is 12.0. The lowest BCUT2D eigenvalue weighted by Gasteiger charge is -2.09. The Hall–Kier alpha value is -2.82. The molecule has 2 aromatic carbocycles. The van der Waals surface area contributed by atoms with Crippen LogP contribution in [0.15, 0.2) is 52.9 Å². The SMILES string of the molecule is CC(Oc1ccc2nc(Cc3ccccc3)oc2c1)C(=O)O. The van der Waals surface area contributed by atoms with Crippen LogP contribution in [0.5, 0.6) is 5.75 Å². The molecule has 3 rings (SSSR count). The molecule has 3 aromatic rings. The Bertz CT molecular complexity index is 795. The molecule has 0 radical (unpaired) electrons. The van der Waals surface area contributed by atoms with Crippen LogP contribution in [0.3, 0.4) is 0 Å². The zero-order valence-electron chi connectivity index (χ0n) is 12.0. The maximum atomic E-state index is 10.8. The van der Waals surface area contributed by atoms with Crippen molar-refractivity contribution in [1.82, 2.24) is 4.98 Å². The highest BCUT2D eigenvalue weighted by molar-refractivity contribution is 5.75. The summed E-state index contributed by atoms with van der Waals surface area (Å²) in [5.41, 5.74) is 2.42. The predicted octanol–water partition coefficient (Wildman–Crippen LogP) is 3.27. The summed E-state index contributed by atoms with van der Waals surface area (Å²) >= 11 is 0. The normalized spacial score (nSPS) is 12.2. The number of ether oxygens (including phenoxy) is 1. The molecule has 22 heavy (non-hydrogen) atoms. The molecule has 1 atom stereocenters. The van der Waals surface area contributed by atoms with Crippen LogP contribution in [0.2, 0.25) is 0 Å². The van der Waals surface area contributed by atoms with Crippen molar-refractivity contribution in [2.24, 2.45) is 0 Å². The molecule has 0 spiro atoms. The van der Waals surface area contributed by atoms with E-state index in [0.717, 1.165) is 11.1 Å².